The molecule has 1 aliphatic rings. The van der Waals surface area contributed by atoms with Gasteiger partial charge >= 0.3 is 0 Å². The molecule has 2 atom stereocenters. The average molecular weight is 267 g/mol. The number of hydrogen-bond acceptors (Lipinski definition) is 4. The molecule has 1 amide bonds. The van der Waals surface area contributed by atoms with E-state index in [0.29, 0.717) is 12.5 Å². The first-order chi connectivity index (χ1) is 8.49. The smallest absolute Gasteiger partial charge is 0.240 e. The molecule has 2 unspecified atom stereocenters. The Morgan fingerprint density at radius 2 is 2.50 bits per heavy atom. The standard InChI is InChI=1S/C13H21N3OS/c1-9-4-3-5-13(14,6-9)12(17)16-8-11-15-7-10(2)18-11/h7,9H,3-6,8,14H2,1-2H3,(H,16,17). The van der Waals surface area contributed by atoms with Crippen LogP contribution in [0.5, 0.6) is 0 Å². The van der Waals surface area contributed by atoms with Gasteiger partial charge in [0.25, 0.3) is 0 Å². The second-order valence-electron chi connectivity index (χ2n) is 5.40. The van der Waals surface area contributed by atoms with Crippen molar-refractivity contribution in [3.8, 4) is 0 Å². The van der Waals surface area contributed by atoms with Crippen molar-refractivity contribution in [2.45, 2.75) is 51.6 Å². The Morgan fingerprint density at radius 3 is 3.11 bits per heavy atom. The molecule has 100 valence electrons. The van der Waals surface area contributed by atoms with Gasteiger partial charge in [-0.05, 0) is 25.7 Å². The molecule has 5 heteroatoms. The Labute approximate surface area is 112 Å². The van der Waals surface area contributed by atoms with Gasteiger partial charge in [0.2, 0.25) is 5.91 Å². The SMILES string of the molecule is Cc1cnc(CNC(=O)C2(N)CCCC(C)C2)s1. The third-order valence-corrected chi connectivity index (χ3v) is 4.47. The van der Waals surface area contributed by atoms with Crippen LogP contribution >= 0.6 is 11.3 Å². The molecule has 4 nitrogen and oxygen atoms in total. The van der Waals surface area contributed by atoms with E-state index in [2.05, 4.69) is 17.2 Å². The second kappa shape index (κ2) is 5.36. The Bertz CT molecular complexity index is 432. The molecule has 1 fully saturated rings. The molecular formula is C13H21N3OS. The van der Waals surface area contributed by atoms with Crippen LogP contribution in [0.15, 0.2) is 6.20 Å². The molecule has 0 bridgehead atoms. The van der Waals surface area contributed by atoms with Crippen LogP contribution < -0.4 is 11.1 Å². The van der Waals surface area contributed by atoms with Crippen molar-refractivity contribution < 1.29 is 4.79 Å². The molecule has 0 aliphatic heterocycles. The van der Waals surface area contributed by atoms with Crippen LogP contribution in [0.25, 0.3) is 0 Å². The normalized spacial score (nSPS) is 28.1. The average Bonchev–Trinajstić information content (AvgIpc) is 2.71. The topological polar surface area (TPSA) is 68.0 Å². The summed E-state index contributed by atoms with van der Waals surface area (Å²) in [5.41, 5.74) is 5.56. The van der Waals surface area contributed by atoms with Crippen LogP contribution in [0, 0.1) is 12.8 Å². The first kappa shape index (κ1) is 13.5. The van der Waals surface area contributed by atoms with Crippen LogP contribution in [-0.4, -0.2) is 16.4 Å². The lowest BCUT2D eigenvalue weighted by Gasteiger charge is -2.35. The number of nitrogens with two attached hydrogens (primary N) is 1. The maximum absolute atomic E-state index is 12.2. The highest BCUT2D eigenvalue weighted by Crippen LogP contribution is 2.30. The summed E-state index contributed by atoms with van der Waals surface area (Å²) in [6, 6.07) is 0. The number of rotatable bonds is 3. The Hall–Kier alpha value is -0.940. The monoisotopic (exact) mass is 267 g/mol. The maximum atomic E-state index is 12.2. The molecule has 2 rings (SSSR count). The molecule has 0 aromatic carbocycles. The molecule has 1 aliphatic carbocycles. The third-order valence-electron chi connectivity index (χ3n) is 3.55. The minimum Gasteiger partial charge on any atom is -0.348 e. The van der Waals surface area contributed by atoms with Gasteiger partial charge in [0.1, 0.15) is 5.01 Å². The lowest BCUT2D eigenvalue weighted by Crippen LogP contribution is -2.56. The largest absolute Gasteiger partial charge is 0.348 e. The molecule has 18 heavy (non-hydrogen) atoms. The highest BCUT2D eigenvalue weighted by atomic mass is 32.1. The summed E-state index contributed by atoms with van der Waals surface area (Å²) in [6.45, 7) is 4.67. The van der Waals surface area contributed by atoms with Crippen LogP contribution in [0.3, 0.4) is 0 Å². The van der Waals surface area contributed by atoms with Gasteiger partial charge in [0, 0.05) is 11.1 Å². The predicted octanol–water partition coefficient (Wildman–Crippen LogP) is 1.98. The third kappa shape index (κ3) is 3.09. The first-order valence-electron chi connectivity index (χ1n) is 6.48. The van der Waals surface area contributed by atoms with Gasteiger partial charge in [0.05, 0.1) is 12.1 Å². The van der Waals surface area contributed by atoms with Gasteiger partial charge in [-0.2, -0.15) is 0 Å². The number of carbonyl (C=O) groups is 1. The van der Waals surface area contributed by atoms with Crippen LogP contribution in [0.4, 0.5) is 0 Å². The molecule has 1 heterocycles. The summed E-state index contributed by atoms with van der Waals surface area (Å²) >= 11 is 1.61. The second-order valence-corrected chi connectivity index (χ2v) is 6.72. The minimum atomic E-state index is -0.677. The van der Waals surface area contributed by atoms with Gasteiger partial charge < -0.3 is 11.1 Å². The zero-order valence-electron chi connectivity index (χ0n) is 11.0. The summed E-state index contributed by atoms with van der Waals surface area (Å²) in [5, 5.41) is 3.87. The fraction of sp³-hybridized carbons (Fsp3) is 0.692. The van der Waals surface area contributed by atoms with E-state index in [1.165, 1.54) is 6.42 Å². The van der Waals surface area contributed by atoms with E-state index in [1.54, 1.807) is 11.3 Å². The highest BCUT2D eigenvalue weighted by Gasteiger charge is 2.37. The summed E-state index contributed by atoms with van der Waals surface area (Å²) in [7, 11) is 0. The van der Waals surface area contributed by atoms with E-state index in [-0.39, 0.29) is 5.91 Å². The summed E-state index contributed by atoms with van der Waals surface area (Å²) in [5.74, 6) is 0.513. The fourth-order valence-electron chi connectivity index (χ4n) is 2.61. The summed E-state index contributed by atoms with van der Waals surface area (Å²) in [6.07, 6.45) is 5.63. The van der Waals surface area contributed by atoms with Gasteiger partial charge in [0.15, 0.2) is 0 Å². The summed E-state index contributed by atoms with van der Waals surface area (Å²) in [4.78, 5) is 17.6. The lowest BCUT2D eigenvalue weighted by molar-refractivity contribution is -0.128. The van der Waals surface area contributed by atoms with E-state index in [1.807, 2.05) is 13.1 Å². The molecule has 0 radical (unpaired) electrons. The fourth-order valence-corrected chi connectivity index (χ4v) is 3.34. The van der Waals surface area contributed by atoms with Crippen molar-refractivity contribution >= 4 is 17.2 Å². The van der Waals surface area contributed by atoms with Crippen molar-refractivity contribution in [1.29, 1.82) is 0 Å². The van der Waals surface area contributed by atoms with Gasteiger partial charge in [-0.25, -0.2) is 4.98 Å². The van der Waals surface area contributed by atoms with Crippen LogP contribution in [0.1, 0.15) is 42.5 Å². The molecule has 1 aromatic heterocycles. The Kier molecular flexibility index (Phi) is 4.02. The number of carbonyl (C=O) groups excluding carboxylic acids is 1. The van der Waals surface area contributed by atoms with E-state index >= 15 is 0 Å². The van der Waals surface area contributed by atoms with E-state index < -0.39 is 5.54 Å². The zero-order chi connectivity index (χ0) is 13.2. The van der Waals surface area contributed by atoms with Crippen LogP contribution in [0.2, 0.25) is 0 Å². The molecule has 0 saturated heterocycles. The molecule has 1 saturated carbocycles. The van der Waals surface area contributed by atoms with Crippen molar-refractivity contribution in [1.82, 2.24) is 10.3 Å². The van der Waals surface area contributed by atoms with Crippen molar-refractivity contribution in [2.24, 2.45) is 11.7 Å². The van der Waals surface area contributed by atoms with Gasteiger partial charge in [-0.1, -0.05) is 19.8 Å². The number of thiazole rings is 1. The number of aromatic nitrogens is 1. The maximum Gasteiger partial charge on any atom is 0.240 e. The van der Waals surface area contributed by atoms with Crippen LogP contribution in [-0.2, 0) is 11.3 Å². The van der Waals surface area contributed by atoms with Gasteiger partial charge in [-0.15, -0.1) is 11.3 Å². The lowest BCUT2D eigenvalue weighted by atomic mass is 9.76. The van der Waals surface area contributed by atoms with E-state index in [4.69, 9.17) is 5.73 Å². The van der Waals surface area contributed by atoms with E-state index in [9.17, 15) is 4.79 Å². The number of nitrogens with zero attached hydrogens (tertiary/aromatic N) is 1. The predicted molar refractivity (Wildman–Crippen MR) is 73.2 cm³/mol. The Balaban J connectivity index is 1.91. The van der Waals surface area contributed by atoms with E-state index in [0.717, 1.165) is 29.1 Å². The summed E-state index contributed by atoms with van der Waals surface area (Å²) < 4.78 is 0. The number of hydrogen-bond donors (Lipinski definition) is 2. The quantitative estimate of drug-likeness (QED) is 0.880. The highest BCUT2D eigenvalue weighted by molar-refractivity contribution is 7.11. The minimum absolute atomic E-state index is 0.0260. The van der Waals surface area contributed by atoms with Crippen molar-refractivity contribution in [3.63, 3.8) is 0 Å². The first-order valence-corrected chi connectivity index (χ1v) is 7.30. The zero-order valence-corrected chi connectivity index (χ0v) is 11.8. The van der Waals surface area contributed by atoms with Gasteiger partial charge in [-0.3, -0.25) is 4.79 Å². The molecule has 3 N–H and O–H groups in total. The number of amides is 1. The van der Waals surface area contributed by atoms with Crippen molar-refractivity contribution in [3.05, 3.63) is 16.1 Å². The van der Waals surface area contributed by atoms with Crippen molar-refractivity contribution in [2.75, 3.05) is 0 Å². The molecule has 0 spiro atoms. The molecule has 1 aromatic rings. The Morgan fingerprint density at radius 1 is 1.72 bits per heavy atom. The number of nitrogens with one attached hydrogen (secondary N) is 1. The molecular weight excluding hydrogens is 246 g/mol. The number of aryl methyl sites for hydroxylation is 1.